The Morgan fingerprint density at radius 3 is 1.03 bits per heavy atom. The molecule has 0 heterocycles. The van der Waals surface area contributed by atoms with Crippen molar-refractivity contribution in [2.24, 2.45) is 0 Å². The number of hydrogen-bond acceptors (Lipinski definition) is 4. The van der Waals surface area contributed by atoms with Crippen molar-refractivity contribution in [3.63, 3.8) is 0 Å². The van der Waals surface area contributed by atoms with E-state index in [0.717, 1.165) is 51.4 Å². The molecule has 214 valence electrons. The molecule has 0 unspecified atom stereocenters. The molecule has 0 aliphatic heterocycles. The van der Waals surface area contributed by atoms with E-state index in [4.69, 9.17) is 9.47 Å². The maximum absolute atomic E-state index is 11.9. The number of carbonyl (C=O) groups is 2. The van der Waals surface area contributed by atoms with E-state index in [9.17, 15) is 9.59 Å². The van der Waals surface area contributed by atoms with E-state index in [-0.39, 0.29) is 38.0 Å². The summed E-state index contributed by atoms with van der Waals surface area (Å²) < 4.78 is 10.5. The molecular formula is C34H54O4. The minimum absolute atomic E-state index is 0.0405. The number of carbonyl (C=O) groups excluding carboxylic acids is 2. The van der Waals surface area contributed by atoms with E-state index in [1.165, 1.54) is 33.4 Å². The Kier molecular flexibility index (Phi) is 20.8. The zero-order valence-corrected chi connectivity index (χ0v) is 25.6. The van der Waals surface area contributed by atoms with Gasteiger partial charge in [0.25, 0.3) is 0 Å². The summed E-state index contributed by atoms with van der Waals surface area (Å²) in [5, 5.41) is 0. The van der Waals surface area contributed by atoms with Gasteiger partial charge in [-0.3, -0.25) is 9.59 Å². The highest BCUT2D eigenvalue weighted by Gasteiger charge is 2.08. The lowest BCUT2D eigenvalue weighted by Crippen LogP contribution is -2.10. The minimum atomic E-state index is -0.375. The average molecular weight is 527 g/mol. The van der Waals surface area contributed by atoms with Crippen molar-refractivity contribution in [3.05, 3.63) is 69.9 Å². The molecule has 0 aromatic carbocycles. The van der Waals surface area contributed by atoms with Gasteiger partial charge in [-0.05, 0) is 119 Å². The lowest BCUT2D eigenvalue weighted by atomic mass is 10.1. The van der Waals surface area contributed by atoms with Crippen LogP contribution in [-0.2, 0) is 19.1 Å². The largest absolute Gasteiger partial charge is 0.461 e. The number of rotatable bonds is 19. The number of allylic oxidation sites excluding steroid dienone is 10. The Bertz CT molecular complexity index is 811. The van der Waals surface area contributed by atoms with E-state index >= 15 is 0 Å². The first-order valence-electron chi connectivity index (χ1n) is 14.2. The summed E-state index contributed by atoms with van der Waals surface area (Å²) in [6.45, 7) is 17.5. The molecule has 0 fully saturated rings. The predicted molar refractivity (Wildman–Crippen MR) is 162 cm³/mol. The first-order chi connectivity index (χ1) is 18.0. The molecule has 0 radical (unpaired) electrons. The van der Waals surface area contributed by atoms with Crippen LogP contribution in [0.2, 0.25) is 0 Å². The molecule has 4 nitrogen and oxygen atoms in total. The standard InChI is InChI=1S/C34H54O4/c1-27(2)13-9-15-29(5)17-11-19-31(7)23-25-37-33(35)21-22-34(36)38-26-24-32(8)20-12-18-30(6)16-10-14-28(3)4/h13-14,17-18,23-24H,9-12,15-16,19-22,25-26H2,1-8H3. The third-order valence-electron chi connectivity index (χ3n) is 6.13. The first-order valence-corrected chi connectivity index (χ1v) is 14.2. The fraction of sp³-hybridized carbons (Fsp3) is 0.588. The molecule has 0 aromatic heterocycles. The van der Waals surface area contributed by atoms with E-state index in [0.29, 0.717) is 0 Å². The van der Waals surface area contributed by atoms with Gasteiger partial charge in [0.2, 0.25) is 0 Å². The van der Waals surface area contributed by atoms with Gasteiger partial charge in [0.05, 0.1) is 12.8 Å². The average Bonchev–Trinajstić information content (AvgIpc) is 2.82. The summed E-state index contributed by atoms with van der Waals surface area (Å²) in [5.41, 5.74) is 7.94. The van der Waals surface area contributed by atoms with Crippen molar-refractivity contribution in [1.82, 2.24) is 0 Å². The van der Waals surface area contributed by atoms with E-state index < -0.39 is 0 Å². The van der Waals surface area contributed by atoms with Crippen molar-refractivity contribution in [1.29, 1.82) is 0 Å². The van der Waals surface area contributed by atoms with Crippen LogP contribution in [0.15, 0.2) is 69.9 Å². The Morgan fingerprint density at radius 2 is 0.711 bits per heavy atom. The van der Waals surface area contributed by atoms with Crippen LogP contribution >= 0.6 is 0 Å². The topological polar surface area (TPSA) is 52.6 Å². The predicted octanol–water partition coefficient (Wildman–Crippen LogP) is 9.69. The lowest BCUT2D eigenvalue weighted by molar-refractivity contribution is -0.149. The molecule has 0 amide bonds. The second-order valence-corrected chi connectivity index (χ2v) is 10.8. The smallest absolute Gasteiger partial charge is 0.306 e. The summed E-state index contributed by atoms with van der Waals surface area (Å²) in [7, 11) is 0. The minimum Gasteiger partial charge on any atom is -0.461 e. The molecule has 0 aromatic rings. The zero-order chi connectivity index (χ0) is 28.8. The molecule has 0 aliphatic rings. The summed E-state index contributed by atoms with van der Waals surface area (Å²) in [5.74, 6) is -0.751. The Morgan fingerprint density at radius 1 is 0.421 bits per heavy atom. The van der Waals surface area contributed by atoms with Crippen molar-refractivity contribution >= 4 is 11.9 Å². The molecule has 4 heteroatoms. The van der Waals surface area contributed by atoms with Gasteiger partial charge in [0.15, 0.2) is 0 Å². The number of esters is 2. The van der Waals surface area contributed by atoms with Gasteiger partial charge in [-0.15, -0.1) is 0 Å². The van der Waals surface area contributed by atoms with Crippen molar-refractivity contribution < 1.29 is 19.1 Å². The SMILES string of the molecule is CC(C)=CCCC(C)=CCCC(C)=CCOC(=O)CCC(=O)OCC=C(C)CCC=C(C)CCC=C(C)C. The molecule has 0 rings (SSSR count). The number of ether oxygens (including phenoxy) is 2. The molecule has 0 spiro atoms. The fourth-order valence-corrected chi connectivity index (χ4v) is 3.58. The van der Waals surface area contributed by atoms with Crippen LogP contribution in [0.5, 0.6) is 0 Å². The molecule has 0 N–H and O–H groups in total. The molecule has 0 saturated carbocycles. The Labute approximate surface area is 233 Å². The Balaban J connectivity index is 4.05. The van der Waals surface area contributed by atoms with Gasteiger partial charge in [0.1, 0.15) is 13.2 Å². The summed E-state index contributed by atoms with van der Waals surface area (Å²) in [6.07, 6.45) is 21.3. The number of hydrogen-bond donors (Lipinski definition) is 0. The van der Waals surface area contributed by atoms with Gasteiger partial charge < -0.3 is 9.47 Å². The summed E-state index contributed by atoms with van der Waals surface area (Å²) >= 11 is 0. The van der Waals surface area contributed by atoms with Crippen LogP contribution < -0.4 is 0 Å². The normalized spacial score (nSPS) is 12.7. The summed E-state index contributed by atoms with van der Waals surface area (Å²) in [4.78, 5) is 23.9. The fourth-order valence-electron chi connectivity index (χ4n) is 3.58. The van der Waals surface area contributed by atoms with Crippen molar-refractivity contribution in [3.8, 4) is 0 Å². The molecular weight excluding hydrogens is 472 g/mol. The van der Waals surface area contributed by atoms with E-state index in [1.54, 1.807) is 0 Å². The Hall–Kier alpha value is -2.62. The van der Waals surface area contributed by atoms with Crippen molar-refractivity contribution in [2.75, 3.05) is 13.2 Å². The second kappa shape index (κ2) is 22.4. The highest BCUT2D eigenvalue weighted by atomic mass is 16.5. The molecule has 0 aliphatic carbocycles. The van der Waals surface area contributed by atoms with Gasteiger partial charge in [-0.25, -0.2) is 0 Å². The maximum atomic E-state index is 11.9. The lowest BCUT2D eigenvalue weighted by Gasteiger charge is -2.05. The van der Waals surface area contributed by atoms with Crippen LogP contribution in [0.1, 0.15) is 120 Å². The molecule has 0 atom stereocenters. The van der Waals surface area contributed by atoms with E-state index in [2.05, 4.69) is 79.7 Å². The van der Waals surface area contributed by atoms with Gasteiger partial charge in [-0.1, -0.05) is 57.7 Å². The van der Waals surface area contributed by atoms with Crippen LogP contribution in [0.25, 0.3) is 0 Å². The summed E-state index contributed by atoms with van der Waals surface area (Å²) in [6, 6.07) is 0. The van der Waals surface area contributed by atoms with Crippen molar-refractivity contribution in [2.45, 2.75) is 120 Å². The maximum Gasteiger partial charge on any atom is 0.306 e. The quantitative estimate of drug-likeness (QED) is 0.124. The first kappa shape index (κ1) is 35.4. The zero-order valence-electron chi connectivity index (χ0n) is 25.6. The van der Waals surface area contributed by atoms with Gasteiger partial charge in [0, 0.05) is 0 Å². The van der Waals surface area contributed by atoms with Crippen LogP contribution in [0, 0.1) is 0 Å². The molecule has 0 bridgehead atoms. The van der Waals surface area contributed by atoms with Gasteiger partial charge >= 0.3 is 11.9 Å². The highest BCUT2D eigenvalue weighted by Crippen LogP contribution is 2.13. The second-order valence-electron chi connectivity index (χ2n) is 10.8. The molecule has 38 heavy (non-hydrogen) atoms. The highest BCUT2D eigenvalue weighted by molar-refractivity contribution is 5.77. The third-order valence-corrected chi connectivity index (χ3v) is 6.13. The van der Waals surface area contributed by atoms with Gasteiger partial charge in [-0.2, -0.15) is 0 Å². The van der Waals surface area contributed by atoms with Crippen LogP contribution in [0.4, 0.5) is 0 Å². The third kappa shape index (κ3) is 23.8. The van der Waals surface area contributed by atoms with Crippen LogP contribution in [-0.4, -0.2) is 25.2 Å². The van der Waals surface area contributed by atoms with E-state index in [1.807, 2.05) is 12.2 Å². The monoisotopic (exact) mass is 526 g/mol. The molecule has 0 saturated heterocycles. The van der Waals surface area contributed by atoms with Crippen LogP contribution in [0.3, 0.4) is 0 Å².